The predicted octanol–water partition coefficient (Wildman–Crippen LogP) is 1.13. The fraction of sp³-hybridized carbons (Fsp3) is 0. The van der Waals surface area contributed by atoms with E-state index in [9.17, 15) is 0 Å². The van der Waals surface area contributed by atoms with E-state index in [-0.39, 0.29) is 0 Å². The Hall–Kier alpha value is -0.170. The van der Waals surface area contributed by atoms with Gasteiger partial charge in [0.1, 0.15) is 0 Å². The molecule has 0 heterocycles. The number of hydrogen-bond acceptors (Lipinski definition) is 0. The van der Waals surface area contributed by atoms with Crippen LogP contribution in [0.4, 0.5) is 0 Å². The Morgan fingerprint density at radius 3 is 2.00 bits per heavy atom. The maximum atomic E-state index is 8.99. The van der Waals surface area contributed by atoms with Gasteiger partial charge in [-0.05, 0) is 0 Å². The van der Waals surface area contributed by atoms with Gasteiger partial charge in [-0.15, -0.1) is 0 Å². The molecule has 0 unspecified atom stereocenters. The first kappa shape index (κ1) is 3.83. The zero-order chi connectivity index (χ0) is 3.41. The van der Waals surface area contributed by atoms with E-state index in [1.54, 1.807) is 0 Å². The van der Waals surface area contributed by atoms with Gasteiger partial charge in [0.15, 0.2) is 6.26 Å². The summed E-state index contributed by atoms with van der Waals surface area (Å²) in [5.74, 6) is 0. The van der Waals surface area contributed by atoms with Crippen molar-refractivity contribution in [3.05, 3.63) is 11.8 Å². The molecule has 0 atom stereocenters. The van der Waals surface area contributed by atoms with Gasteiger partial charge in [-0.25, -0.2) is 0 Å². The van der Waals surface area contributed by atoms with Crippen LogP contribution in [-0.2, 0) is 5.11 Å². The Morgan fingerprint density at radius 2 is 2.00 bits per heavy atom. The number of rotatable bonds is 0. The number of halogens is 1. The standard InChI is InChI=1S/C2H2ClO/c3-1-2-4/h1-2H/b2-1-. The summed E-state index contributed by atoms with van der Waals surface area (Å²) < 4.78 is 0. The molecular formula is C2H2ClO. The van der Waals surface area contributed by atoms with E-state index >= 15 is 0 Å². The van der Waals surface area contributed by atoms with Gasteiger partial charge in [-0.2, -0.15) is 0 Å². The van der Waals surface area contributed by atoms with Crippen LogP contribution in [0.25, 0.3) is 0 Å². The van der Waals surface area contributed by atoms with Gasteiger partial charge in [0, 0.05) is 5.54 Å². The fourth-order valence-corrected chi connectivity index (χ4v) is 0. The Kier molecular flexibility index (Phi) is 2.71. The Morgan fingerprint density at radius 1 is 1.75 bits per heavy atom. The minimum absolute atomic E-state index is 0.515. The van der Waals surface area contributed by atoms with E-state index in [2.05, 4.69) is 0 Å². The molecule has 0 saturated carbocycles. The van der Waals surface area contributed by atoms with Crippen LogP contribution in [-0.4, -0.2) is 0 Å². The van der Waals surface area contributed by atoms with E-state index in [0.29, 0.717) is 6.26 Å². The van der Waals surface area contributed by atoms with Gasteiger partial charge in [0.05, 0.1) is 0 Å². The maximum Gasteiger partial charge on any atom is 0.154 e. The molecule has 0 saturated heterocycles. The summed E-state index contributed by atoms with van der Waals surface area (Å²) in [6.45, 7) is 0. The van der Waals surface area contributed by atoms with Gasteiger partial charge in [0.2, 0.25) is 0 Å². The van der Waals surface area contributed by atoms with E-state index in [4.69, 9.17) is 16.7 Å². The third-order valence-electron chi connectivity index (χ3n) is 0.0514. The van der Waals surface area contributed by atoms with Crippen LogP contribution < -0.4 is 0 Å². The highest BCUT2D eigenvalue weighted by molar-refractivity contribution is 6.25. The van der Waals surface area contributed by atoms with Crippen molar-refractivity contribution in [3.8, 4) is 0 Å². The zero-order valence-corrected chi connectivity index (χ0v) is 2.70. The lowest BCUT2D eigenvalue weighted by Crippen LogP contribution is -1.27. The van der Waals surface area contributed by atoms with E-state index in [1.807, 2.05) is 0 Å². The zero-order valence-electron chi connectivity index (χ0n) is 1.94. The van der Waals surface area contributed by atoms with Crippen LogP contribution in [0.3, 0.4) is 0 Å². The van der Waals surface area contributed by atoms with Crippen molar-refractivity contribution >= 4 is 11.6 Å². The second kappa shape index (κ2) is 2.83. The molecule has 0 aromatic carbocycles. The molecule has 4 heavy (non-hydrogen) atoms. The smallest absolute Gasteiger partial charge is 0.154 e. The Labute approximate surface area is 29.5 Å². The average molecular weight is 77.5 g/mol. The molecule has 0 aromatic heterocycles. The van der Waals surface area contributed by atoms with Crippen molar-refractivity contribution in [2.75, 3.05) is 0 Å². The minimum Gasteiger partial charge on any atom is -0.298 e. The topological polar surface area (TPSA) is 19.9 Å². The molecule has 1 radical (unpaired) electrons. The lowest BCUT2D eigenvalue weighted by atomic mass is 11.2. The summed E-state index contributed by atoms with van der Waals surface area (Å²) in [7, 11) is 0. The predicted molar refractivity (Wildman–Crippen MR) is 15.7 cm³/mol. The summed E-state index contributed by atoms with van der Waals surface area (Å²) in [5.41, 5.74) is 0.917. The van der Waals surface area contributed by atoms with Crippen LogP contribution in [0.5, 0.6) is 0 Å². The Balaban J connectivity index is 2.55. The minimum atomic E-state index is 0.515. The summed E-state index contributed by atoms with van der Waals surface area (Å²) >= 11 is 4.69. The van der Waals surface area contributed by atoms with Gasteiger partial charge in [-0.3, -0.25) is 5.11 Å². The SMILES string of the molecule is [O]/C=C\Cl. The van der Waals surface area contributed by atoms with Crippen LogP contribution in [0, 0.1) is 0 Å². The summed E-state index contributed by atoms with van der Waals surface area (Å²) in [6.07, 6.45) is 0.515. The molecular weight excluding hydrogens is 75.5 g/mol. The quantitative estimate of drug-likeness (QED) is 0.386. The molecule has 0 fully saturated rings. The van der Waals surface area contributed by atoms with Gasteiger partial charge in [0.25, 0.3) is 0 Å². The van der Waals surface area contributed by atoms with Crippen LogP contribution >= 0.6 is 11.6 Å². The van der Waals surface area contributed by atoms with Gasteiger partial charge < -0.3 is 0 Å². The van der Waals surface area contributed by atoms with Crippen LogP contribution in [0.1, 0.15) is 0 Å². The van der Waals surface area contributed by atoms with Crippen molar-refractivity contribution in [2.45, 2.75) is 0 Å². The van der Waals surface area contributed by atoms with Crippen molar-refractivity contribution in [3.63, 3.8) is 0 Å². The molecule has 0 spiro atoms. The maximum absolute atomic E-state index is 8.99. The van der Waals surface area contributed by atoms with Crippen molar-refractivity contribution in [1.82, 2.24) is 0 Å². The highest BCUT2D eigenvalue weighted by Crippen LogP contribution is 1.68. The lowest BCUT2D eigenvalue weighted by molar-refractivity contribution is 0.352. The third kappa shape index (κ3) is 1.83. The van der Waals surface area contributed by atoms with E-state index in [0.717, 1.165) is 5.54 Å². The molecule has 23 valence electrons. The molecule has 0 aliphatic heterocycles. The Bertz CT molecular complexity index is 21.2. The van der Waals surface area contributed by atoms with Crippen molar-refractivity contribution in [1.29, 1.82) is 0 Å². The van der Waals surface area contributed by atoms with Gasteiger partial charge in [-0.1, -0.05) is 11.6 Å². The first-order chi connectivity index (χ1) is 1.91. The summed E-state index contributed by atoms with van der Waals surface area (Å²) in [4.78, 5) is 0. The third-order valence-corrected chi connectivity index (χ3v) is 0.154. The molecule has 0 aromatic rings. The summed E-state index contributed by atoms with van der Waals surface area (Å²) in [5, 5.41) is 8.99. The highest BCUT2D eigenvalue weighted by atomic mass is 35.5. The first-order valence-corrected chi connectivity index (χ1v) is 1.22. The average Bonchev–Trinajstić information content (AvgIpc) is 1.37. The largest absolute Gasteiger partial charge is 0.298 e. The molecule has 0 aliphatic carbocycles. The van der Waals surface area contributed by atoms with Crippen LogP contribution in [0.15, 0.2) is 11.8 Å². The van der Waals surface area contributed by atoms with E-state index in [1.165, 1.54) is 0 Å². The molecule has 0 aliphatic rings. The molecule has 0 rings (SSSR count). The monoisotopic (exact) mass is 77.0 g/mol. The molecule has 0 amide bonds. The molecule has 0 bridgehead atoms. The highest BCUT2D eigenvalue weighted by Gasteiger charge is 1.43. The first-order valence-electron chi connectivity index (χ1n) is 0.787. The van der Waals surface area contributed by atoms with Crippen molar-refractivity contribution < 1.29 is 5.11 Å². The van der Waals surface area contributed by atoms with Crippen molar-refractivity contribution in [2.24, 2.45) is 0 Å². The second-order valence-electron chi connectivity index (χ2n) is 0.262. The lowest BCUT2D eigenvalue weighted by Gasteiger charge is -1.43. The number of hydrogen-bond donors (Lipinski definition) is 0. The fourth-order valence-electron chi connectivity index (χ4n) is 0. The summed E-state index contributed by atoms with van der Waals surface area (Å²) in [6, 6.07) is 0. The molecule has 0 N–H and O–H groups in total. The normalized spacial score (nSPS) is 9.25. The van der Waals surface area contributed by atoms with Crippen LogP contribution in [0.2, 0.25) is 0 Å². The molecule has 2 heteroatoms. The van der Waals surface area contributed by atoms with E-state index < -0.39 is 0 Å². The molecule has 1 nitrogen and oxygen atoms in total. The second-order valence-corrected chi connectivity index (χ2v) is 0.514. The van der Waals surface area contributed by atoms with Gasteiger partial charge >= 0.3 is 0 Å².